The van der Waals surface area contributed by atoms with Gasteiger partial charge >= 0.3 is 0 Å². The van der Waals surface area contributed by atoms with Crippen LogP contribution in [0.2, 0.25) is 0 Å². The molecule has 0 saturated heterocycles. The lowest BCUT2D eigenvalue weighted by atomic mass is 10.0. The monoisotopic (exact) mass is 441 g/mol. The van der Waals surface area contributed by atoms with Gasteiger partial charge in [-0.15, -0.1) is 0 Å². The molecule has 4 aromatic carbocycles. The second-order valence-electron chi connectivity index (χ2n) is 7.24. The molecule has 0 unspecified atom stereocenters. The molecule has 0 amide bonds. The molecule has 9 nitrogen and oxygen atoms in total. The Balaban J connectivity index is 1.47. The van der Waals surface area contributed by atoms with Gasteiger partial charge in [0.2, 0.25) is 0 Å². The second-order valence-corrected chi connectivity index (χ2v) is 7.24. The van der Waals surface area contributed by atoms with E-state index in [9.17, 15) is 20.2 Å². The van der Waals surface area contributed by atoms with Crippen LogP contribution in [0, 0.1) is 20.2 Å². The maximum absolute atomic E-state index is 10.9. The third-order valence-electron chi connectivity index (χ3n) is 4.98. The molecule has 164 valence electrons. The fourth-order valence-electron chi connectivity index (χ4n) is 3.28. The molecule has 0 aliphatic rings. The molecule has 4 rings (SSSR count). The van der Waals surface area contributed by atoms with Crippen LogP contribution in [0.1, 0.15) is 0 Å². The van der Waals surface area contributed by atoms with Crippen molar-refractivity contribution in [2.24, 2.45) is 0 Å². The normalized spacial score (nSPS) is 10.4. The lowest BCUT2D eigenvalue weighted by molar-refractivity contribution is -0.385. The Bertz CT molecular complexity index is 1300. The molecule has 4 aromatic rings. The van der Waals surface area contributed by atoms with E-state index in [4.69, 9.17) is 5.73 Å². The van der Waals surface area contributed by atoms with Gasteiger partial charge in [0, 0.05) is 58.3 Å². The number of nitro benzene ring substituents is 2. The molecule has 4 N–H and O–H groups in total. The summed E-state index contributed by atoms with van der Waals surface area (Å²) < 4.78 is 0. The van der Waals surface area contributed by atoms with Crippen molar-refractivity contribution < 1.29 is 9.85 Å². The zero-order chi connectivity index (χ0) is 23.4. The molecule has 0 aliphatic carbocycles. The quantitative estimate of drug-likeness (QED) is 0.175. The molecule has 0 bridgehead atoms. The van der Waals surface area contributed by atoms with Gasteiger partial charge in [-0.2, -0.15) is 0 Å². The van der Waals surface area contributed by atoms with Crippen molar-refractivity contribution in [3.63, 3.8) is 0 Å². The number of anilines is 5. The highest BCUT2D eigenvalue weighted by Crippen LogP contribution is 2.31. The minimum atomic E-state index is -0.439. The Morgan fingerprint density at radius 2 is 0.970 bits per heavy atom. The predicted octanol–water partition coefficient (Wildman–Crippen LogP) is 6.24. The molecule has 33 heavy (non-hydrogen) atoms. The van der Waals surface area contributed by atoms with Gasteiger partial charge in [-0.25, -0.2) is 0 Å². The summed E-state index contributed by atoms with van der Waals surface area (Å²) in [5.41, 5.74) is 11.5. The van der Waals surface area contributed by atoms with Crippen LogP contribution in [0.5, 0.6) is 0 Å². The summed E-state index contributed by atoms with van der Waals surface area (Å²) in [7, 11) is 0. The summed E-state index contributed by atoms with van der Waals surface area (Å²) in [4.78, 5) is 20.8. The van der Waals surface area contributed by atoms with Crippen molar-refractivity contribution in [3.8, 4) is 11.1 Å². The Morgan fingerprint density at radius 1 is 0.576 bits per heavy atom. The molecular weight excluding hydrogens is 422 g/mol. The first kappa shape index (κ1) is 21.3. The van der Waals surface area contributed by atoms with E-state index in [2.05, 4.69) is 10.6 Å². The van der Waals surface area contributed by atoms with Crippen molar-refractivity contribution in [1.82, 2.24) is 0 Å². The standard InChI is InChI=1S/C24H19N5O4/c25-24-14-9-20(15-23(24)16-1-10-21(11-2-16)28(30)31)27-18-5-3-17(4-6-18)26-19-7-12-22(13-8-19)29(32)33/h1-15,26-27H,25H2. The maximum atomic E-state index is 10.9. The number of nitrogens with two attached hydrogens (primary N) is 1. The SMILES string of the molecule is Nc1ccc(Nc2ccc(Nc3ccc([N+](=O)[O-])cc3)cc2)cc1-c1ccc([N+](=O)[O-])cc1. The van der Waals surface area contributed by atoms with Crippen molar-refractivity contribution >= 4 is 39.8 Å². The van der Waals surface area contributed by atoms with Crippen LogP contribution in [-0.4, -0.2) is 9.85 Å². The van der Waals surface area contributed by atoms with Crippen LogP contribution < -0.4 is 16.4 Å². The van der Waals surface area contributed by atoms with E-state index in [1.807, 2.05) is 36.4 Å². The zero-order valence-electron chi connectivity index (χ0n) is 17.3. The molecule has 0 radical (unpaired) electrons. The van der Waals surface area contributed by atoms with E-state index in [1.54, 1.807) is 30.3 Å². The number of nitrogens with zero attached hydrogens (tertiary/aromatic N) is 2. The minimum Gasteiger partial charge on any atom is -0.398 e. The second kappa shape index (κ2) is 9.06. The molecule has 0 spiro atoms. The van der Waals surface area contributed by atoms with E-state index in [1.165, 1.54) is 24.3 Å². The first-order chi connectivity index (χ1) is 15.9. The molecule has 0 aliphatic heterocycles. The van der Waals surface area contributed by atoms with Crippen LogP contribution in [0.15, 0.2) is 91.0 Å². The van der Waals surface area contributed by atoms with Crippen LogP contribution >= 0.6 is 0 Å². The van der Waals surface area contributed by atoms with Crippen molar-refractivity contribution in [2.45, 2.75) is 0 Å². The molecular formula is C24H19N5O4. The predicted molar refractivity (Wildman–Crippen MR) is 129 cm³/mol. The fraction of sp³-hybridized carbons (Fsp3) is 0. The van der Waals surface area contributed by atoms with Crippen LogP contribution in [0.3, 0.4) is 0 Å². The summed E-state index contributed by atoms with van der Waals surface area (Å²) in [6, 6.07) is 25.5. The first-order valence-corrected chi connectivity index (χ1v) is 9.92. The fourth-order valence-corrected chi connectivity index (χ4v) is 3.28. The molecule has 0 saturated carbocycles. The minimum absolute atomic E-state index is 0.0222. The van der Waals surface area contributed by atoms with Gasteiger partial charge in [0.05, 0.1) is 9.85 Å². The highest BCUT2D eigenvalue weighted by molar-refractivity contribution is 5.81. The Morgan fingerprint density at radius 3 is 1.45 bits per heavy atom. The molecule has 0 heterocycles. The molecule has 0 fully saturated rings. The lowest BCUT2D eigenvalue weighted by Crippen LogP contribution is -1.96. The third kappa shape index (κ3) is 5.05. The van der Waals surface area contributed by atoms with E-state index in [0.29, 0.717) is 5.69 Å². The van der Waals surface area contributed by atoms with Crippen LogP contribution in [0.4, 0.5) is 39.8 Å². The van der Waals surface area contributed by atoms with Crippen molar-refractivity contribution in [1.29, 1.82) is 0 Å². The number of nitro groups is 2. The van der Waals surface area contributed by atoms with Gasteiger partial charge in [-0.05, 0) is 72.3 Å². The van der Waals surface area contributed by atoms with Gasteiger partial charge in [-0.1, -0.05) is 0 Å². The molecule has 0 aromatic heterocycles. The van der Waals surface area contributed by atoms with Gasteiger partial charge in [-0.3, -0.25) is 20.2 Å². The smallest absolute Gasteiger partial charge is 0.269 e. The number of rotatable bonds is 7. The molecule has 9 heteroatoms. The van der Waals surface area contributed by atoms with E-state index in [-0.39, 0.29) is 11.4 Å². The van der Waals surface area contributed by atoms with E-state index in [0.717, 1.165) is 33.9 Å². The number of nitrogens with one attached hydrogen (secondary N) is 2. The number of hydrogen-bond acceptors (Lipinski definition) is 7. The Hall–Kier alpha value is -4.92. The van der Waals surface area contributed by atoms with E-state index < -0.39 is 9.85 Å². The summed E-state index contributed by atoms with van der Waals surface area (Å²) in [5.74, 6) is 0. The lowest BCUT2D eigenvalue weighted by Gasteiger charge is -2.12. The van der Waals surface area contributed by atoms with Gasteiger partial charge in [0.25, 0.3) is 11.4 Å². The van der Waals surface area contributed by atoms with Gasteiger partial charge in [0.1, 0.15) is 0 Å². The molecule has 0 atom stereocenters. The first-order valence-electron chi connectivity index (χ1n) is 9.92. The number of non-ortho nitro benzene ring substituents is 2. The van der Waals surface area contributed by atoms with Gasteiger partial charge in [0.15, 0.2) is 0 Å². The summed E-state index contributed by atoms with van der Waals surface area (Å²) in [5, 5.41) is 28.2. The van der Waals surface area contributed by atoms with Crippen LogP contribution in [0.25, 0.3) is 11.1 Å². The van der Waals surface area contributed by atoms with Crippen molar-refractivity contribution in [2.75, 3.05) is 16.4 Å². The maximum Gasteiger partial charge on any atom is 0.269 e. The van der Waals surface area contributed by atoms with Crippen LogP contribution in [-0.2, 0) is 0 Å². The average Bonchev–Trinajstić information content (AvgIpc) is 2.82. The Kier molecular flexibility index (Phi) is 5.85. The third-order valence-corrected chi connectivity index (χ3v) is 4.98. The van der Waals surface area contributed by atoms with Crippen molar-refractivity contribution in [3.05, 3.63) is 111 Å². The zero-order valence-corrected chi connectivity index (χ0v) is 17.3. The Labute approximate surface area is 188 Å². The largest absolute Gasteiger partial charge is 0.398 e. The summed E-state index contributed by atoms with van der Waals surface area (Å²) in [6.07, 6.45) is 0. The number of hydrogen-bond donors (Lipinski definition) is 3. The average molecular weight is 441 g/mol. The summed E-state index contributed by atoms with van der Waals surface area (Å²) >= 11 is 0. The van der Waals surface area contributed by atoms with E-state index >= 15 is 0 Å². The number of benzene rings is 4. The highest BCUT2D eigenvalue weighted by Gasteiger charge is 2.09. The summed E-state index contributed by atoms with van der Waals surface area (Å²) in [6.45, 7) is 0. The topological polar surface area (TPSA) is 136 Å². The number of nitrogen functional groups attached to an aromatic ring is 1. The highest BCUT2D eigenvalue weighted by atomic mass is 16.6. The van der Waals surface area contributed by atoms with Gasteiger partial charge < -0.3 is 16.4 Å².